The smallest absolute Gasteiger partial charge is 0.238 e. The molecule has 1 aliphatic heterocycles. The first-order valence-corrected chi connectivity index (χ1v) is 12.2. The van der Waals surface area contributed by atoms with E-state index in [1.807, 2.05) is 60.7 Å². The van der Waals surface area contributed by atoms with Crippen LogP contribution in [0.15, 0.2) is 89.8 Å². The van der Waals surface area contributed by atoms with Crippen LogP contribution in [0.3, 0.4) is 0 Å². The van der Waals surface area contributed by atoms with Gasteiger partial charge >= 0.3 is 0 Å². The van der Waals surface area contributed by atoms with Crippen molar-refractivity contribution < 1.29 is 22.6 Å². The Hall–Kier alpha value is -3.81. The molecule has 0 spiro atoms. The molecule has 4 aromatic rings. The number of hydrogen-bond acceptors (Lipinski definition) is 5. The third kappa shape index (κ3) is 3.79. The summed E-state index contributed by atoms with van der Waals surface area (Å²) in [6, 6.07) is 25.9. The zero-order valence-electron chi connectivity index (χ0n) is 18.7. The average Bonchev–Trinajstić information content (AvgIpc) is 2.87. The third-order valence-corrected chi connectivity index (χ3v) is 6.93. The van der Waals surface area contributed by atoms with E-state index in [4.69, 9.17) is 19.3 Å². The fraction of sp³-hybridized carbons (Fsp3) is 0.111. The minimum Gasteiger partial charge on any atom is -0.497 e. The van der Waals surface area contributed by atoms with E-state index in [1.54, 1.807) is 32.4 Å². The second kappa shape index (κ2) is 8.52. The molecule has 0 amide bonds. The van der Waals surface area contributed by atoms with Gasteiger partial charge < -0.3 is 14.2 Å². The lowest BCUT2D eigenvalue weighted by Crippen LogP contribution is -2.16. The average molecular weight is 474 g/mol. The Labute approximate surface area is 198 Å². The van der Waals surface area contributed by atoms with Gasteiger partial charge in [0.15, 0.2) is 0 Å². The topological polar surface area (TPSA) is 87.8 Å². The van der Waals surface area contributed by atoms with Gasteiger partial charge in [0.25, 0.3) is 0 Å². The Kier molecular flexibility index (Phi) is 5.51. The normalized spacial score (nSPS) is 14.5. The first-order chi connectivity index (χ1) is 16.4. The summed E-state index contributed by atoms with van der Waals surface area (Å²) in [4.78, 5) is 0.0718. The lowest BCUT2D eigenvalue weighted by molar-refractivity contribution is 0.241. The zero-order valence-corrected chi connectivity index (χ0v) is 19.5. The van der Waals surface area contributed by atoms with Crippen LogP contribution in [0.4, 0.5) is 0 Å². The quantitative estimate of drug-likeness (QED) is 0.432. The van der Waals surface area contributed by atoms with Crippen LogP contribution >= 0.6 is 0 Å². The van der Waals surface area contributed by atoms with Gasteiger partial charge in [-0.25, -0.2) is 13.6 Å². The molecule has 1 heterocycles. The standard InChI is InChI=1S/C27H23NO5S/c1-31-19-8-5-7-18(15-19)27-22-16-17(20-9-3-4-12-25(20)34(28,29)30)13-14-21(22)26-23(32-2)10-6-11-24(26)33-27/h3-16,27H,1-2H3,(H2,28,29,30). The van der Waals surface area contributed by atoms with Crippen LogP contribution in [0.25, 0.3) is 22.3 Å². The van der Waals surface area contributed by atoms with Gasteiger partial charge in [0.05, 0.1) is 24.7 Å². The Morgan fingerprint density at radius 1 is 0.824 bits per heavy atom. The van der Waals surface area contributed by atoms with E-state index >= 15 is 0 Å². The van der Waals surface area contributed by atoms with Gasteiger partial charge in [-0.3, -0.25) is 0 Å². The minimum atomic E-state index is -3.90. The van der Waals surface area contributed by atoms with Crippen molar-refractivity contribution in [2.45, 2.75) is 11.0 Å². The number of benzene rings is 4. The largest absolute Gasteiger partial charge is 0.497 e. The van der Waals surface area contributed by atoms with Gasteiger partial charge in [0, 0.05) is 16.7 Å². The van der Waals surface area contributed by atoms with E-state index in [-0.39, 0.29) is 4.90 Å². The van der Waals surface area contributed by atoms with Crippen LogP contribution in [-0.2, 0) is 10.0 Å². The molecule has 2 N–H and O–H groups in total. The van der Waals surface area contributed by atoms with Crippen molar-refractivity contribution in [3.05, 3.63) is 96.1 Å². The lowest BCUT2D eigenvalue weighted by Gasteiger charge is -2.31. The Morgan fingerprint density at radius 2 is 1.62 bits per heavy atom. The zero-order chi connectivity index (χ0) is 23.9. The van der Waals surface area contributed by atoms with Gasteiger partial charge in [-0.2, -0.15) is 0 Å². The van der Waals surface area contributed by atoms with Crippen molar-refractivity contribution in [1.82, 2.24) is 0 Å². The molecule has 0 saturated heterocycles. The van der Waals surface area contributed by atoms with Gasteiger partial charge in [0.1, 0.15) is 23.4 Å². The summed E-state index contributed by atoms with van der Waals surface area (Å²) in [6.45, 7) is 0. The molecular formula is C27H23NO5S. The number of sulfonamides is 1. The maximum absolute atomic E-state index is 12.2. The summed E-state index contributed by atoms with van der Waals surface area (Å²) < 4.78 is 42.0. The maximum atomic E-state index is 12.2. The second-order valence-electron chi connectivity index (χ2n) is 7.95. The van der Waals surface area contributed by atoms with Crippen molar-refractivity contribution in [1.29, 1.82) is 0 Å². The highest BCUT2D eigenvalue weighted by molar-refractivity contribution is 7.89. The van der Waals surface area contributed by atoms with E-state index in [1.165, 1.54) is 6.07 Å². The molecule has 5 rings (SSSR count). The molecule has 0 aromatic heterocycles. The van der Waals surface area contributed by atoms with E-state index in [9.17, 15) is 8.42 Å². The molecule has 0 fully saturated rings. The van der Waals surface area contributed by atoms with Crippen molar-refractivity contribution in [3.8, 4) is 39.5 Å². The van der Waals surface area contributed by atoms with Crippen LogP contribution in [0.2, 0.25) is 0 Å². The number of hydrogen-bond donors (Lipinski definition) is 1. The Balaban J connectivity index is 1.76. The third-order valence-electron chi connectivity index (χ3n) is 5.96. The van der Waals surface area contributed by atoms with Gasteiger partial charge in [-0.05, 0) is 47.5 Å². The fourth-order valence-electron chi connectivity index (χ4n) is 4.42. The summed E-state index contributed by atoms with van der Waals surface area (Å²) in [5, 5.41) is 5.50. The predicted octanol–water partition coefficient (Wildman–Crippen LogP) is 5.17. The van der Waals surface area contributed by atoms with Gasteiger partial charge in [0.2, 0.25) is 10.0 Å². The number of nitrogens with two attached hydrogens (primary N) is 1. The van der Waals surface area contributed by atoms with Crippen molar-refractivity contribution in [2.24, 2.45) is 5.14 Å². The fourth-order valence-corrected chi connectivity index (χ4v) is 5.18. The van der Waals surface area contributed by atoms with Crippen LogP contribution < -0.4 is 19.3 Å². The first kappa shape index (κ1) is 22.0. The Morgan fingerprint density at radius 3 is 2.38 bits per heavy atom. The summed E-state index contributed by atoms with van der Waals surface area (Å²) in [5.41, 5.74) is 4.84. The lowest BCUT2D eigenvalue weighted by atomic mass is 9.87. The van der Waals surface area contributed by atoms with Crippen molar-refractivity contribution >= 4 is 10.0 Å². The molecule has 1 unspecified atom stereocenters. The highest BCUT2D eigenvalue weighted by Crippen LogP contribution is 2.50. The predicted molar refractivity (Wildman–Crippen MR) is 131 cm³/mol. The molecule has 7 heteroatoms. The molecular weight excluding hydrogens is 450 g/mol. The van der Waals surface area contributed by atoms with Crippen LogP contribution in [0.1, 0.15) is 17.2 Å². The monoisotopic (exact) mass is 473 g/mol. The van der Waals surface area contributed by atoms with Gasteiger partial charge in [-0.15, -0.1) is 0 Å². The molecule has 0 aliphatic carbocycles. The molecule has 34 heavy (non-hydrogen) atoms. The highest BCUT2D eigenvalue weighted by Gasteiger charge is 2.30. The van der Waals surface area contributed by atoms with Crippen LogP contribution in [0.5, 0.6) is 17.2 Å². The number of methoxy groups -OCH3 is 2. The maximum Gasteiger partial charge on any atom is 0.238 e. The van der Waals surface area contributed by atoms with Crippen LogP contribution in [0, 0.1) is 0 Å². The van der Waals surface area contributed by atoms with Crippen LogP contribution in [-0.4, -0.2) is 22.6 Å². The van der Waals surface area contributed by atoms with Crippen molar-refractivity contribution in [2.75, 3.05) is 14.2 Å². The van der Waals surface area contributed by atoms with Crippen molar-refractivity contribution in [3.63, 3.8) is 0 Å². The first-order valence-electron chi connectivity index (χ1n) is 10.6. The number of rotatable bonds is 5. The van der Waals surface area contributed by atoms with E-state index in [0.717, 1.165) is 33.6 Å². The molecule has 0 saturated carbocycles. The Bertz CT molecular complexity index is 1500. The van der Waals surface area contributed by atoms with E-state index < -0.39 is 16.1 Å². The molecule has 4 aromatic carbocycles. The number of primary sulfonamides is 1. The summed E-state index contributed by atoms with van der Waals surface area (Å²) >= 11 is 0. The summed E-state index contributed by atoms with van der Waals surface area (Å²) in [6.07, 6.45) is -0.439. The molecule has 0 radical (unpaired) electrons. The summed E-state index contributed by atoms with van der Waals surface area (Å²) in [7, 11) is -0.657. The minimum absolute atomic E-state index is 0.0718. The summed E-state index contributed by atoms with van der Waals surface area (Å²) in [5.74, 6) is 2.12. The molecule has 6 nitrogen and oxygen atoms in total. The SMILES string of the molecule is COc1cccc(C2Oc3cccc(OC)c3-c3ccc(-c4ccccc4S(N)(=O)=O)cc32)c1. The molecule has 172 valence electrons. The second-order valence-corrected chi connectivity index (χ2v) is 9.48. The van der Waals surface area contributed by atoms with Gasteiger partial charge in [-0.1, -0.05) is 48.5 Å². The van der Waals surface area contributed by atoms with E-state index in [0.29, 0.717) is 17.1 Å². The highest BCUT2D eigenvalue weighted by atomic mass is 32.2. The number of ether oxygens (including phenoxy) is 3. The molecule has 1 aliphatic rings. The van der Waals surface area contributed by atoms with E-state index in [2.05, 4.69) is 0 Å². The molecule has 0 bridgehead atoms. The number of fused-ring (bicyclic) bond motifs is 3. The molecule has 1 atom stereocenters.